The van der Waals surface area contributed by atoms with Crippen LogP contribution in [-0.2, 0) is 9.47 Å². The second-order valence-corrected chi connectivity index (χ2v) is 3.38. The number of ether oxygens (including phenoxy) is 2. The van der Waals surface area contributed by atoms with Gasteiger partial charge in [0, 0.05) is 13.5 Å². The number of hydrogen-bond donors (Lipinski definition) is 1. The van der Waals surface area contributed by atoms with E-state index in [0.29, 0.717) is 13.0 Å². The summed E-state index contributed by atoms with van der Waals surface area (Å²) in [6, 6.07) is 0. The van der Waals surface area contributed by atoms with Gasteiger partial charge in [-0.1, -0.05) is 13.3 Å². The highest BCUT2D eigenvalue weighted by molar-refractivity contribution is 5.20. The maximum absolute atomic E-state index is 9.17. The van der Waals surface area contributed by atoms with Crippen molar-refractivity contribution in [3.8, 4) is 0 Å². The molecule has 1 aliphatic carbocycles. The molecule has 0 aliphatic heterocycles. The monoisotopic (exact) mass is 198 g/mol. The Morgan fingerprint density at radius 1 is 1.57 bits per heavy atom. The van der Waals surface area contributed by atoms with Gasteiger partial charge in [0.05, 0.1) is 6.61 Å². The number of rotatable bonds is 5. The molecule has 0 amide bonds. The van der Waals surface area contributed by atoms with Crippen molar-refractivity contribution in [2.45, 2.75) is 32.0 Å². The molecule has 0 saturated heterocycles. The van der Waals surface area contributed by atoms with E-state index in [1.165, 1.54) is 0 Å². The third kappa shape index (κ3) is 2.86. The normalized spacial score (nSPS) is 26.3. The Morgan fingerprint density at radius 3 is 2.86 bits per heavy atom. The second kappa shape index (κ2) is 5.17. The van der Waals surface area contributed by atoms with Crippen LogP contribution in [0.3, 0.4) is 0 Å². The van der Waals surface area contributed by atoms with Crippen molar-refractivity contribution < 1.29 is 14.6 Å². The van der Waals surface area contributed by atoms with Crippen LogP contribution in [0.25, 0.3) is 0 Å². The molecule has 80 valence electrons. The van der Waals surface area contributed by atoms with Crippen molar-refractivity contribution in [3.05, 3.63) is 24.0 Å². The van der Waals surface area contributed by atoms with E-state index in [1.54, 1.807) is 25.3 Å². The number of unbranched alkanes of at least 4 members (excludes halogenated alkanes) is 1. The van der Waals surface area contributed by atoms with Gasteiger partial charge in [-0.05, 0) is 24.6 Å². The fourth-order valence-electron chi connectivity index (χ4n) is 1.30. The van der Waals surface area contributed by atoms with Gasteiger partial charge in [-0.25, -0.2) is 0 Å². The Bertz CT molecular complexity index is 233. The molecule has 1 atom stereocenters. The zero-order valence-corrected chi connectivity index (χ0v) is 8.82. The van der Waals surface area contributed by atoms with Gasteiger partial charge in [0.2, 0.25) is 0 Å². The molecular formula is C11H18O3. The van der Waals surface area contributed by atoms with Gasteiger partial charge < -0.3 is 14.6 Å². The largest absolute Gasteiger partial charge is 0.508 e. The molecule has 1 unspecified atom stereocenters. The number of aliphatic hydroxyl groups excluding tert-OH is 1. The van der Waals surface area contributed by atoms with Crippen LogP contribution in [0.2, 0.25) is 0 Å². The SMILES string of the molecule is CCCCOC1(OC)C=CC(O)=CC1. The lowest BCUT2D eigenvalue weighted by molar-refractivity contribution is -0.187. The fraction of sp³-hybridized carbons (Fsp3) is 0.636. The lowest BCUT2D eigenvalue weighted by Crippen LogP contribution is -2.33. The van der Waals surface area contributed by atoms with Crippen LogP contribution < -0.4 is 0 Å². The first-order valence-corrected chi connectivity index (χ1v) is 5.00. The van der Waals surface area contributed by atoms with E-state index >= 15 is 0 Å². The zero-order valence-electron chi connectivity index (χ0n) is 8.82. The van der Waals surface area contributed by atoms with Crippen molar-refractivity contribution in [2.75, 3.05) is 13.7 Å². The Labute approximate surface area is 85.0 Å². The van der Waals surface area contributed by atoms with Crippen molar-refractivity contribution in [1.29, 1.82) is 0 Å². The van der Waals surface area contributed by atoms with Crippen LogP contribution >= 0.6 is 0 Å². The lowest BCUT2D eigenvalue weighted by atomic mass is 10.1. The fourth-order valence-corrected chi connectivity index (χ4v) is 1.30. The second-order valence-electron chi connectivity index (χ2n) is 3.38. The van der Waals surface area contributed by atoms with Crippen molar-refractivity contribution >= 4 is 0 Å². The Balaban J connectivity index is 2.48. The van der Waals surface area contributed by atoms with Crippen LogP contribution in [0, 0.1) is 0 Å². The predicted molar refractivity (Wildman–Crippen MR) is 55.1 cm³/mol. The summed E-state index contributed by atoms with van der Waals surface area (Å²) in [6.07, 6.45) is 7.77. The van der Waals surface area contributed by atoms with Crippen LogP contribution in [0.15, 0.2) is 24.0 Å². The first-order chi connectivity index (χ1) is 6.72. The molecule has 0 aromatic heterocycles. The van der Waals surface area contributed by atoms with Crippen LogP contribution in [0.5, 0.6) is 0 Å². The molecule has 0 aromatic rings. The molecule has 3 heteroatoms. The molecule has 0 heterocycles. The molecule has 0 saturated carbocycles. The topological polar surface area (TPSA) is 38.7 Å². The van der Waals surface area contributed by atoms with Crippen LogP contribution in [-0.4, -0.2) is 24.6 Å². The highest BCUT2D eigenvalue weighted by Crippen LogP contribution is 2.25. The van der Waals surface area contributed by atoms with E-state index in [9.17, 15) is 5.11 Å². The van der Waals surface area contributed by atoms with E-state index in [-0.39, 0.29) is 5.76 Å². The van der Waals surface area contributed by atoms with Gasteiger partial charge in [-0.3, -0.25) is 0 Å². The Kier molecular flexibility index (Phi) is 4.17. The minimum Gasteiger partial charge on any atom is -0.508 e. The van der Waals surface area contributed by atoms with Gasteiger partial charge in [0.25, 0.3) is 0 Å². The van der Waals surface area contributed by atoms with E-state index in [0.717, 1.165) is 12.8 Å². The van der Waals surface area contributed by atoms with Crippen LogP contribution in [0.4, 0.5) is 0 Å². The summed E-state index contributed by atoms with van der Waals surface area (Å²) in [6.45, 7) is 2.80. The zero-order chi connectivity index (χ0) is 10.4. The average molecular weight is 198 g/mol. The Morgan fingerprint density at radius 2 is 2.36 bits per heavy atom. The molecule has 3 nitrogen and oxygen atoms in total. The van der Waals surface area contributed by atoms with E-state index in [2.05, 4.69) is 6.92 Å². The van der Waals surface area contributed by atoms with Gasteiger partial charge in [0.1, 0.15) is 5.76 Å². The maximum Gasteiger partial charge on any atom is 0.191 e. The summed E-state index contributed by atoms with van der Waals surface area (Å²) in [4.78, 5) is 0. The molecule has 1 rings (SSSR count). The van der Waals surface area contributed by atoms with Crippen molar-refractivity contribution in [3.63, 3.8) is 0 Å². The van der Waals surface area contributed by atoms with Crippen molar-refractivity contribution in [2.24, 2.45) is 0 Å². The molecular weight excluding hydrogens is 180 g/mol. The van der Waals surface area contributed by atoms with E-state index in [4.69, 9.17) is 9.47 Å². The van der Waals surface area contributed by atoms with Crippen molar-refractivity contribution in [1.82, 2.24) is 0 Å². The van der Waals surface area contributed by atoms with Crippen LogP contribution in [0.1, 0.15) is 26.2 Å². The molecule has 0 bridgehead atoms. The summed E-state index contributed by atoms with van der Waals surface area (Å²) in [5, 5.41) is 9.17. The minimum atomic E-state index is -0.665. The lowest BCUT2D eigenvalue weighted by Gasteiger charge is -2.30. The quantitative estimate of drug-likeness (QED) is 0.545. The third-order valence-corrected chi connectivity index (χ3v) is 2.29. The van der Waals surface area contributed by atoms with Gasteiger partial charge in [-0.2, -0.15) is 0 Å². The molecule has 0 radical (unpaired) electrons. The highest BCUT2D eigenvalue weighted by atomic mass is 16.7. The van der Waals surface area contributed by atoms with E-state index in [1.807, 2.05) is 0 Å². The number of hydrogen-bond acceptors (Lipinski definition) is 3. The van der Waals surface area contributed by atoms with Gasteiger partial charge >= 0.3 is 0 Å². The van der Waals surface area contributed by atoms with E-state index < -0.39 is 5.79 Å². The summed E-state index contributed by atoms with van der Waals surface area (Å²) < 4.78 is 11.0. The molecule has 1 N–H and O–H groups in total. The number of allylic oxidation sites excluding steroid dienone is 1. The molecule has 14 heavy (non-hydrogen) atoms. The summed E-state index contributed by atoms with van der Waals surface area (Å²) in [5.41, 5.74) is 0. The number of aliphatic hydroxyl groups is 1. The summed E-state index contributed by atoms with van der Waals surface area (Å²) in [5.74, 6) is -0.390. The molecule has 0 aromatic carbocycles. The standard InChI is InChI=1S/C11H18O3/c1-3-4-9-14-11(13-2)7-5-10(12)6-8-11/h5-7,12H,3-4,8-9H2,1-2H3. The average Bonchev–Trinajstić information content (AvgIpc) is 2.22. The highest BCUT2D eigenvalue weighted by Gasteiger charge is 2.28. The molecule has 0 spiro atoms. The maximum atomic E-state index is 9.17. The molecule has 1 aliphatic rings. The Hall–Kier alpha value is -0.800. The predicted octanol–water partition coefficient (Wildman–Crippen LogP) is 2.55. The summed E-state index contributed by atoms with van der Waals surface area (Å²) >= 11 is 0. The number of methoxy groups -OCH3 is 1. The first-order valence-electron chi connectivity index (χ1n) is 5.00. The third-order valence-electron chi connectivity index (χ3n) is 2.29. The first kappa shape index (κ1) is 11.3. The smallest absolute Gasteiger partial charge is 0.191 e. The van der Waals surface area contributed by atoms with Gasteiger partial charge in [0.15, 0.2) is 5.79 Å². The molecule has 0 fully saturated rings. The summed E-state index contributed by atoms with van der Waals surface area (Å²) in [7, 11) is 1.62. The minimum absolute atomic E-state index is 0.275. The van der Waals surface area contributed by atoms with Gasteiger partial charge in [-0.15, -0.1) is 0 Å².